The molecular weight excluding hydrogens is 222 g/mol. The Morgan fingerprint density at radius 2 is 2.18 bits per heavy atom. The average Bonchev–Trinajstić information content (AvgIpc) is 2.28. The molecule has 1 amide bonds. The van der Waals surface area contributed by atoms with Crippen molar-refractivity contribution in [3.05, 3.63) is 0 Å². The number of amides is 1. The Bertz CT molecular complexity index is 280. The summed E-state index contributed by atoms with van der Waals surface area (Å²) in [5.41, 5.74) is 0. The number of likely N-dealkylation sites (tertiary alicyclic amines) is 1. The van der Waals surface area contributed by atoms with Crippen LogP contribution in [0.25, 0.3) is 0 Å². The first-order valence-corrected chi connectivity index (χ1v) is 6.16. The predicted molar refractivity (Wildman–Crippen MR) is 62.6 cm³/mol. The largest absolute Gasteiger partial charge is 0.481 e. The molecule has 0 aliphatic carbocycles. The standard InChI is InChI=1S/C12H21NO4/c1-3-17-7-5-11(14)13-6-4-10(12(15)16)8-9(13)2/h9-10H,3-8H2,1-2H3,(H,15,16). The lowest BCUT2D eigenvalue weighted by Gasteiger charge is -2.36. The van der Waals surface area contributed by atoms with Gasteiger partial charge in [-0.05, 0) is 26.7 Å². The summed E-state index contributed by atoms with van der Waals surface area (Å²) in [6.45, 7) is 5.41. The van der Waals surface area contributed by atoms with Crippen LogP contribution in [0.4, 0.5) is 0 Å². The number of hydrogen-bond acceptors (Lipinski definition) is 3. The fourth-order valence-electron chi connectivity index (χ4n) is 2.21. The molecule has 0 saturated carbocycles. The van der Waals surface area contributed by atoms with Crippen LogP contribution < -0.4 is 0 Å². The summed E-state index contributed by atoms with van der Waals surface area (Å²) in [5, 5.41) is 8.93. The molecule has 1 rings (SSSR count). The monoisotopic (exact) mass is 243 g/mol. The molecule has 1 aliphatic heterocycles. The number of carbonyl (C=O) groups is 2. The lowest BCUT2D eigenvalue weighted by molar-refractivity contribution is -0.147. The highest BCUT2D eigenvalue weighted by Gasteiger charge is 2.31. The maximum atomic E-state index is 11.9. The van der Waals surface area contributed by atoms with E-state index in [1.165, 1.54) is 0 Å². The van der Waals surface area contributed by atoms with Gasteiger partial charge >= 0.3 is 5.97 Å². The fourth-order valence-corrected chi connectivity index (χ4v) is 2.21. The first-order chi connectivity index (χ1) is 8.06. The molecule has 2 atom stereocenters. The summed E-state index contributed by atoms with van der Waals surface area (Å²) in [6.07, 6.45) is 1.49. The molecule has 0 aromatic carbocycles. The molecule has 0 spiro atoms. The van der Waals surface area contributed by atoms with Crippen molar-refractivity contribution in [2.75, 3.05) is 19.8 Å². The van der Waals surface area contributed by atoms with Gasteiger partial charge in [-0.3, -0.25) is 9.59 Å². The van der Waals surface area contributed by atoms with Crippen molar-refractivity contribution in [3.8, 4) is 0 Å². The number of rotatable bonds is 5. The maximum absolute atomic E-state index is 11.9. The van der Waals surface area contributed by atoms with Gasteiger partial charge in [0.1, 0.15) is 0 Å². The Balaban J connectivity index is 2.40. The van der Waals surface area contributed by atoms with Gasteiger partial charge in [0.05, 0.1) is 18.9 Å². The summed E-state index contributed by atoms with van der Waals surface area (Å²) in [4.78, 5) is 24.5. The van der Waals surface area contributed by atoms with Crippen molar-refractivity contribution in [1.82, 2.24) is 4.90 Å². The second-order valence-electron chi connectivity index (χ2n) is 4.44. The molecular formula is C12H21NO4. The van der Waals surface area contributed by atoms with Crippen LogP contribution in [0, 0.1) is 5.92 Å². The van der Waals surface area contributed by atoms with Crippen molar-refractivity contribution in [2.24, 2.45) is 5.92 Å². The first kappa shape index (κ1) is 14.0. The highest BCUT2D eigenvalue weighted by atomic mass is 16.5. The molecule has 0 aromatic rings. The van der Waals surface area contributed by atoms with Gasteiger partial charge < -0.3 is 14.7 Å². The van der Waals surface area contributed by atoms with Crippen LogP contribution in [0.2, 0.25) is 0 Å². The van der Waals surface area contributed by atoms with E-state index in [0.29, 0.717) is 39.0 Å². The molecule has 1 saturated heterocycles. The smallest absolute Gasteiger partial charge is 0.306 e. The van der Waals surface area contributed by atoms with Gasteiger partial charge in [0.2, 0.25) is 5.91 Å². The highest BCUT2D eigenvalue weighted by molar-refractivity contribution is 5.77. The Kier molecular flexibility index (Phi) is 5.41. The Hall–Kier alpha value is -1.10. The molecule has 17 heavy (non-hydrogen) atoms. The van der Waals surface area contributed by atoms with E-state index >= 15 is 0 Å². The van der Waals surface area contributed by atoms with Crippen LogP contribution in [0.5, 0.6) is 0 Å². The fraction of sp³-hybridized carbons (Fsp3) is 0.833. The van der Waals surface area contributed by atoms with Crippen LogP contribution in [-0.4, -0.2) is 47.7 Å². The van der Waals surface area contributed by atoms with Crippen molar-refractivity contribution in [1.29, 1.82) is 0 Å². The SMILES string of the molecule is CCOCCC(=O)N1CCC(C(=O)O)CC1C. The summed E-state index contributed by atoms with van der Waals surface area (Å²) < 4.78 is 5.15. The van der Waals surface area contributed by atoms with E-state index in [9.17, 15) is 9.59 Å². The zero-order valence-electron chi connectivity index (χ0n) is 10.5. The first-order valence-electron chi connectivity index (χ1n) is 6.16. The molecule has 2 unspecified atom stereocenters. The van der Waals surface area contributed by atoms with Gasteiger partial charge in [0.25, 0.3) is 0 Å². The minimum Gasteiger partial charge on any atom is -0.481 e. The molecule has 1 heterocycles. The topological polar surface area (TPSA) is 66.8 Å². The molecule has 1 aliphatic rings. The lowest BCUT2D eigenvalue weighted by Crippen LogP contribution is -2.46. The zero-order chi connectivity index (χ0) is 12.8. The van der Waals surface area contributed by atoms with Gasteiger partial charge in [-0.15, -0.1) is 0 Å². The molecule has 1 N–H and O–H groups in total. The van der Waals surface area contributed by atoms with Gasteiger partial charge in [-0.1, -0.05) is 0 Å². The summed E-state index contributed by atoms with van der Waals surface area (Å²) in [6, 6.07) is 0.0129. The Labute approximate surface area is 102 Å². The number of hydrogen-bond donors (Lipinski definition) is 1. The van der Waals surface area contributed by atoms with Crippen LogP contribution in [0.1, 0.15) is 33.1 Å². The van der Waals surface area contributed by atoms with Gasteiger partial charge in [0.15, 0.2) is 0 Å². The van der Waals surface area contributed by atoms with E-state index in [1.807, 2.05) is 13.8 Å². The Morgan fingerprint density at radius 1 is 1.47 bits per heavy atom. The number of aliphatic carboxylic acids is 1. The van der Waals surface area contributed by atoms with E-state index in [4.69, 9.17) is 9.84 Å². The molecule has 0 bridgehead atoms. The predicted octanol–water partition coefficient (Wildman–Crippen LogP) is 1.12. The van der Waals surface area contributed by atoms with E-state index in [-0.39, 0.29) is 17.9 Å². The average molecular weight is 243 g/mol. The second-order valence-corrected chi connectivity index (χ2v) is 4.44. The summed E-state index contributed by atoms with van der Waals surface area (Å²) in [5.74, 6) is -0.992. The van der Waals surface area contributed by atoms with Crippen molar-refractivity contribution in [3.63, 3.8) is 0 Å². The van der Waals surface area contributed by atoms with Crippen LogP contribution in [0.3, 0.4) is 0 Å². The molecule has 5 heteroatoms. The van der Waals surface area contributed by atoms with E-state index in [0.717, 1.165) is 0 Å². The van der Waals surface area contributed by atoms with E-state index in [1.54, 1.807) is 4.90 Å². The van der Waals surface area contributed by atoms with Gasteiger partial charge in [-0.2, -0.15) is 0 Å². The number of carboxylic acid groups (broad SMARTS) is 1. The zero-order valence-corrected chi connectivity index (χ0v) is 10.5. The van der Waals surface area contributed by atoms with E-state index in [2.05, 4.69) is 0 Å². The minimum atomic E-state index is -0.752. The number of carbonyl (C=O) groups excluding carboxylic acids is 1. The third-order valence-electron chi connectivity index (χ3n) is 3.21. The van der Waals surface area contributed by atoms with E-state index < -0.39 is 5.97 Å². The number of nitrogens with zero attached hydrogens (tertiary/aromatic N) is 1. The van der Waals surface area contributed by atoms with Crippen molar-refractivity contribution < 1.29 is 19.4 Å². The maximum Gasteiger partial charge on any atom is 0.306 e. The van der Waals surface area contributed by atoms with Gasteiger partial charge in [-0.25, -0.2) is 0 Å². The molecule has 0 aromatic heterocycles. The third kappa shape index (κ3) is 4.00. The number of piperidine rings is 1. The Morgan fingerprint density at radius 3 is 2.71 bits per heavy atom. The molecule has 98 valence electrons. The second kappa shape index (κ2) is 6.59. The van der Waals surface area contributed by atoms with Crippen LogP contribution >= 0.6 is 0 Å². The number of ether oxygens (including phenoxy) is 1. The van der Waals surface area contributed by atoms with Crippen molar-refractivity contribution in [2.45, 2.75) is 39.2 Å². The van der Waals surface area contributed by atoms with Crippen molar-refractivity contribution >= 4 is 11.9 Å². The summed E-state index contributed by atoms with van der Waals surface area (Å²) >= 11 is 0. The van der Waals surface area contributed by atoms with Crippen LogP contribution in [0.15, 0.2) is 0 Å². The van der Waals surface area contributed by atoms with Gasteiger partial charge in [0, 0.05) is 19.2 Å². The number of carboxylic acids is 1. The highest BCUT2D eigenvalue weighted by Crippen LogP contribution is 2.23. The third-order valence-corrected chi connectivity index (χ3v) is 3.21. The summed E-state index contributed by atoms with van der Waals surface area (Å²) in [7, 11) is 0. The minimum absolute atomic E-state index is 0.0129. The van der Waals surface area contributed by atoms with Crippen LogP contribution in [-0.2, 0) is 14.3 Å². The normalized spacial score (nSPS) is 24.7. The quantitative estimate of drug-likeness (QED) is 0.735. The molecule has 0 radical (unpaired) electrons. The molecule has 5 nitrogen and oxygen atoms in total. The lowest BCUT2D eigenvalue weighted by atomic mass is 9.91. The molecule has 1 fully saturated rings.